The van der Waals surface area contributed by atoms with E-state index < -0.39 is 0 Å². The lowest BCUT2D eigenvalue weighted by molar-refractivity contribution is -0.0575. The summed E-state index contributed by atoms with van der Waals surface area (Å²) in [6.07, 6.45) is 0. The van der Waals surface area contributed by atoms with E-state index in [1.165, 1.54) is 0 Å². The first kappa shape index (κ1) is 9.11. The fourth-order valence-corrected chi connectivity index (χ4v) is 1.21. The van der Waals surface area contributed by atoms with E-state index in [1.807, 2.05) is 18.2 Å². The van der Waals surface area contributed by atoms with E-state index >= 15 is 0 Å². The Morgan fingerprint density at radius 1 is 1.43 bits per heavy atom. The molecule has 0 saturated carbocycles. The van der Waals surface area contributed by atoms with E-state index in [0.29, 0.717) is 6.67 Å². The number of nitrogens with one attached hydrogen (secondary N) is 1. The molecule has 2 N–H and O–H groups in total. The van der Waals surface area contributed by atoms with Gasteiger partial charge in [-0.2, -0.15) is 5.06 Å². The van der Waals surface area contributed by atoms with E-state index in [1.54, 1.807) is 7.05 Å². The fourth-order valence-electron chi connectivity index (χ4n) is 1.21. The van der Waals surface area contributed by atoms with Crippen LogP contribution >= 0.6 is 0 Å². The zero-order chi connectivity index (χ0) is 9.97. The van der Waals surface area contributed by atoms with Crippen LogP contribution in [0.2, 0.25) is 0 Å². The highest BCUT2D eigenvalue weighted by atomic mass is 16.7. The first-order valence-electron chi connectivity index (χ1n) is 4.29. The molecule has 0 unspecified atom stereocenters. The molecule has 1 heterocycles. The van der Waals surface area contributed by atoms with Crippen molar-refractivity contribution in [3.8, 4) is 11.5 Å². The Hall–Kier alpha value is -1.46. The Morgan fingerprint density at radius 2 is 2.21 bits per heavy atom. The van der Waals surface area contributed by atoms with E-state index in [4.69, 9.17) is 14.7 Å². The summed E-state index contributed by atoms with van der Waals surface area (Å²) in [6, 6.07) is 5.55. The van der Waals surface area contributed by atoms with Gasteiger partial charge < -0.3 is 20.0 Å². The number of hydrogen-bond acceptors (Lipinski definition) is 5. The van der Waals surface area contributed by atoms with Gasteiger partial charge in [-0.3, -0.25) is 0 Å². The van der Waals surface area contributed by atoms with Gasteiger partial charge in [0.2, 0.25) is 6.79 Å². The Bertz CT molecular complexity index is 328. The number of ether oxygens (including phenoxy) is 2. The summed E-state index contributed by atoms with van der Waals surface area (Å²) in [5.74, 6) is 1.49. The molecule has 1 aromatic carbocycles. The van der Waals surface area contributed by atoms with Crippen molar-refractivity contribution in [2.24, 2.45) is 0 Å². The predicted octanol–water partition coefficient (Wildman–Crippen LogP) is 1.11. The maximum Gasteiger partial charge on any atom is 0.231 e. The zero-order valence-electron chi connectivity index (χ0n) is 7.86. The number of nitrogens with zero attached hydrogens (tertiary/aromatic N) is 1. The minimum atomic E-state index is 0.276. The van der Waals surface area contributed by atoms with Gasteiger partial charge in [0.15, 0.2) is 11.5 Å². The lowest BCUT2D eigenvalue weighted by Crippen LogP contribution is -2.20. The van der Waals surface area contributed by atoms with Crippen LogP contribution in [0, 0.1) is 0 Å². The summed E-state index contributed by atoms with van der Waals surface area (Å²) < 4.78 is 10.4. The Balaban J connectivity index is 2.05. The van der Waals surface area contributed by atoms with Crippen molar-refractivity contribution in [2.45, 2.75) is 0 Å². The van der Waals surface area contributed by atoms with Crippen LogP contribution in [0.15, 0.2) is 18.2 Å². The standard InChI is InChI=1S/C9H12N2O3/c1-11(12)5-10-7-2-3-8-9(4-7)14-6-13-8/h2-4,10,12H,5-6H2,1H3. The summed E-state index contributed by atoms with van der Waals surface area (Å²) in [5, 5.41) is 13.0. The van der Waals surface area contributed by atoms with Gasteiger partial charge in [0.1, 0.15) is 0 Å². The SMILES string of the molecule is CN(O)CNc1ccc2c(c1)OCO2. The highest BCUT2D eigenvalue weighted by molar-refractivity contribution is 5.55. The summed E-state index contributed by atoms with van der Waals surface area (Å²) in [6.45, 7) is 0.637. The average molecular weight is 196 g/mol. The molecule has 2 rings (SSSR count). The molecule has 0 fully saturated rings. The largest absolute Gasteiger partial charge is 0.454 e. The number of rotatable bonds is 3. The Labute approximate surface area is 81.8 Å². The van der Waals surface area contributed by atoms with Crippen molar-refractivity contribution in [1.29, 1.82) is 0 Å². The fraction of sp³-hybridized carbons (Fsp3) is 0.333. The highest BCUT2D eigenvalue weighted by Crippen LogP contribution is 2.34. The lowest BCUT2D eigenvalue weighted by Gasteiger charge is -2.10. The smallest absolute Gasteiger partial charge is 0.231 e. The van der Waals surface area contributed by atoms with Crippen LogP contribution < -0.4 is 14.8 Å². The van der Waals surface area contributed by atoms with E-state index in [0.717, 1.165) is 22.2 Å². The van der Waals surface area contributed by atoms with Gasteiger partial charge in [-0.1, -0.05) is 0 Å². The predicted molar refractivity (Wildman–Crippen MR) is 50.6 cm³/mol. The van der Waals surface area contributed by atoms with E-state index in [9.17, 15) is 0 Å². The van der Waals surface area contributed by atoms with Crippen molar-refractivity contribution in [2.75, 3.05) is 25.8 Å². The van der Waals surface area contributed by atoms with E-state index in [-0.39, 0.29) is 6.79 Å². The van der Waals surface area contributed by atoms with Crippen LogP contribution in [0.3, 0.4) is 0 Å². The van der Waals surface area contributed by atoms with Gasteiger partial charge >= 0.3 is 0 Å². The normalized spacial score (nSPS) is 13.4. The molecule has 0 amide bonds. The number of fused-ring (bicyclic) bond motifs is 1. The molecule has 76 valence electrons. The zero-order valence-corrected chi connectivity index (χ0v) is 7.86. The molecule has 0 aromatic heterocycles. The van der Waals surface area contributed by atoms with Crippen molar-refractivity contribution < 1.29 is 14.7 Å². The van der Waals surface area contributed by atoms with Crippen molar-refractivity contribution in [3.63, 3.8) is 0 Å². The molecule has 0 radical (unpaired) electrons. The van der Waals surface area contributed by atoms with Gasteiger partial charge in [0.05, 0.1) is 6.67 Å². The lowest BCUT2D eigenvalue weighted by atomic mass is 10.3. The second-order valence-electron chi connectivity index (χ2n) is 3.06. The summed E-state index contributed by atoms with van der Waals surface area (Å²) in [7, 11) is 1.57. The number of hydrogen-bond donors (Lipinski definition) is 2. The second-order valence-corrected chi connectivity index (χ2v) is 3.06. The third-order valence-corrected chi connectivity index (χ3v) is 1.88. The van der Waals surface area contributed by atoms with Crippen LogP contribution in [-0.2, 0) is 0 Å². The number of anilines is 1. The van der Waals surface area contributed by atoms with Gasteiger partial charge in [-0.25, -0.2) is 0 Å². The molecule has 1 aromatic rings. The van der Waals surface area contributed by atoms with Crippen LogP contribution in [0.25, 0.3) is 0 Å². The summed E-state index contributed by atoms with van der Waals surface area (Å²) in [5.41, 5.74) is 0.884. The van der Waals surface area contributed by atoms with Gasteiger partial charge in [0.25, 0.3) is 0 Å². The van der Waals surface area contributed by atoms with Crippen LogP contribution in [0.1, 0.15) is 0 Å². The molecule has 14 heavy (non-hydrogen) atoms. The molecular formula is C9H12N2O3. The first-order chi connectivity index (χ1) is 6.75. The molecule has 1 aliphatic heterocycles. The molecule has 0 atom stereocenters. The van der Waals surface area contributed by atoms with Crippen molar-refractivity contribution in [3.05, 3.63) is 18.2 Å². The van der Waals surface area contributed by atoms with Crippen LogP contribution in [0.5, 0.6) is 11.5 Å². The molecule has 0 aliphatic carbocycles. The summed E-state index contributed by atoms with van der Waals surface area (Å²) >= 11 is 0. The molecule has 1 aliphatic rings. The Morgan fingerprint density at radius 3 is 3.00 bits per heavy atom. The second kappa shape index (κ2) is 3.73. The number of benzene rings is 1. The molecule has 5 nitrogen and oxygen atoms in total. The maximum atomic E-state index is 8.92. The maximum absolute atomic E-state index is 8.92. The van der Waals surface area contributed by atoms with Gasteiger partial charge in [-0.15, -0.1) is 0 Å². The molecular weight excluding hydrogens is 184 g/mol. The van der Waals surface area contributed by atoms with Crippen molar-refractivity contribution in [1.82, 2.24) is 5.06 Å². The molecule has 5 heteroatoms. The van der Waals surface area contributed by atoms with Gasteiger partial charge in [0, 0.05) is 18.8 Å². The number of hydroxylamine groups is 2. The van der Waals surface area contributed by atoms with Crippen molar-refractivity contribution >= 4 is 5.69 Å². The minimum Gasteiger partial charge on any atom is -0.454 e. The average Bonchev–Trinajstić information content (AvgIpc) is 2.61. The van der Waals surface area contributed by atoms with Crippen LogP contribution in [0.4, 0.5) is 5.69 Å². The third-order valence-electron chi connectivity index (χ3n) is 1.88. The molecule has 0 bridgehead atoms. The third kappa shape index (κ3) is 1.89. The Kier molecular flexibility index (Phi) is 2.43. The van der Waals surface area contributed by atoms with Gasteiger partial charge in [-0.05, 0) is 12.1 Å². The highest BCUT2D eigenvalue weighted by Gasteiger charge is 2.12. The monoisotopic (exact) mass is 196 g/mol. The van der Waals surface area contributed by atoms with Crippen LogP contribution in [-0.4, -0.2) is 30.8 Å². The van der Waals surface area contributed by atoms with E-state index in [2.05, 4.69) is 5.32 Å². The quantitative estimate of drug-likeness (QED) is 0.560. The molecule has 0 saturated heterocycles. The minimum absolute atomic E-state index is 0.276. The molecule has 0 spiro atoms. The summed E-state index contributed by atoms with van der Waals surface area (Å²) in [4.78, 5) is 0. The topological polar surface area (TPSA) is 54.0 Å². The first-order valence-corrected chi connectivity index (χ1v) is 4.29.